The van der Waals surface area contributed by atoms with E-state index in [9.17, 15) is 4.39 Å². The largest absolute Gasteiger partial charge is 0.308 e. The summed E-state index contributed by atoms with van der Waals surface area (Å²) in [5, 5.41) is 0.802. The SMILES string of the molecule is Cc1cc(F)cc2cc(C(C)(C)C)c(NN)nc12. The van der Waals surface area contributed by atoms with E-state index in [1.165, 1.54) is 12.1 Å². The van der Waals surface area contributed by atoms with Crippen molar-refractivity contribution in [2.75, 3.05) is 5.43 Å². The maximum atomic E-state index is 13.4. The van der Waals surface area contributed by atoms with E-state index >= 15 is 0 Å². The Morgan fingerprint density at radius 1 is 1.22 bits per heavy atom. The third-order valence-corrected chi connectivity index (χ3v) is 3.02. The van der Waals surface area contributed by atoms with Gasteiger partial charge in [0.2, 0.25) is 0 Å². The molecule has 0 amide bonds. The zero-order chi connectivity index (χ0) is 13.5. The normalized spacial score (nSPS) is 11.9. The molecule has 0 fully saturated rings. The molecule has 0 bridgehead atoms. The molecular weight excluding hydrogens is 229 g/mol. The first-order chi connectivity index (χ1) is 8.32. The van der Waals surface area contributed by atoms with Gasteiger partial charge in [-0.1, -0.05) is 20.8 Å². The number of nitrogens with one attached hydrogen (secondary N) is 1. The van der Waals surface area contributed by atoms with Crippen molar-refractivity contribution in [3.05, 3.63) is 35.1 Å². The minimum atomic E-state index is -0.241. The molecule has 2 rings (SSSR count). The number of nitrogen functional groups attached to an aromatic ring is 1. The molecule has 0 radical (unpaired) electrons. The highest BCUT2D eigenvalue weighted by molar-refractivity contribution is 5.85. The summed E-state index contributed by atoms with van der Waals surface area (Å²) in [6.07, 6.45) is 0. The number of hydrogen-bond acceptors (Lipinski definition) is 3. The van der Waals surface area contributed by atoms with Crippen LogP contribution in [0.2, 0.25) is 0 Å². The van der Waals surface area contributed by atoms with Crippen molar-refractivity contribution in [3.8, 4) is 0 Å². The Morgan fingerprint density at radius 3 is 2.44 bits per heavy atom. The van der Waals surface area contributed by atoms with Gasteiger partial charge in [-0.3, -0.25) is 0 Å². The summed E-state index contributed by atoms with van der Waals surface area (Å²) in [5.74, 6) is 5.93. The molecule has 0 aliphatic rings. The van der Waals surface area contributed by atoms with Crippen molar-refractivity contribution >= 4 is 16.7 Å². The van der Waals surface area contributed by atoms with Crippen molar-refractivity contribution in [2.24, 2.45) is 5.84 Å². The zero-order valence-electron chi connectivity index (χ0n) is 11.1. The first-order valence-electron chi connectivity index (χ1n) is 5.91. The predicted octanol–water partition coefficient (Wildman–Crippen LogP) is 3.27. The summed E-state index contributed by atoms with van der Waals surface area (Å²) in [5.41, 5.74) is 5.08. The number of fused-ring (bicyclic) bond motifs is 1. The van der Waals surface area contributed by atoms with Gasteiger partial charge in [-0.25, -0.2) is 15.2 Å². The Balaban J connectivity index is 2.81. The summed E-state index contributed by atoms with van der Waals surface area (Å²) in [6, 6.07) is 4.94. The number of benzene rings is 1. The van der Waals surface area contributed by atoms with Crippen molar-refractivity contribution < 1.29 is 4.39 Å². The molecule has 1 aromatic carbocycles. The fourth-order valence-corrected chi connectivity index (χ4v) is 2.10. The molecule has 96 valence electrons. The van der Waals surface area contributed by atoms with Gasteiger partial charge in [0.15, 0.2) is 0 Å². The van der Waals surface area contributed by atoms with Gasteiger partial charge in [0, 0.05) is 10.9 Å². The number of halogens is 1. The smallest absolute Gasteiger partial charge is 0.144 e. The van der Waals surface area contributed by atoms with Gasteiger partial charge in [0.05, 0.1) is 5.52 Å². The number of hydrazine groups is 1. The molecule has 18 heavy (non-hydrogen) atoms. The van der Waals surface area contributed by atoms with Gasteiger partial charge >= 0.3 is 0 Å². The molecule has 3 nitrogen and oxygen atoms in total. The van der Waals surface area contributed by atoms with Crippen LogP contribution in [-0.4, -0.2) is 4.98 Å². The van der Waals surface area contributed by atoms with Crippen molar-refractivity contribution in [2.45, 2.75) is 33.1 Å². The topological polar surface area (TPSA) is 50.9 Å². The number of hydrogen-bond donors (Lipinski definition) is 2. The van der Waals surface area contributed by atoms with E-state index in [2.05, 4.69) is 31.2 Å². The molecule has 0 unspecified atom stereocenters. The Kier molecular flexibility index (Phi) is 2.99. The Bertz CT molecular complexity index is 600. The van der Waals surface area contributed by atoms with Crippen LogP contribution in [0.3, 0.4) is 0 Å². The van der Waals surface area contributed by atoms with Crippen LogP contribution in [0.25, 0.3) is 10.9 Å². The van der Waals surface area contributed by atoms with E-state index in [0.29, 0.717) is 5.82 Å². The number of aromatic nitrogens is 1. The van der Waals surface area contributed by atoms with Crippen LogP contribution in [0.4, 0.5) is 10.2 Å². The third kappa shape index (κ3) is 2.16. The molecule has 0 aliphatic heterocycles. The molecule has 4 heteroatoms. The van der Waals surface area contributed by atoms with Gasteiger partial charge in [0.25, 0.3) is 0 Å². The first kappa shape index (κ1) is 12.8. The van der Waals surface area contributed by atoms with E-state index in [1.807, 2.05) is 13.0 Å². The lowest BCUT2D eigenvalue weighted by Gasteiger charge is -2.22. The fourth-order valence-electron chi connectivity index (χ4n) is 2.10. The summed E-state index contributed by atoms with van der Waals surface area (Å²) in [7, 11) is 0. The lowest BCUT2D eigenvalue weighted by atomic mass is 9.86. The summed E-state index contributed by atoms with van der Waals surface area (Å²) < 4.78 is 13.4. The lowest BCUT2D eigenvalue weighted by Crippen LogP contribution is -2.19. The van der Waals surface area contributed by atoms with Crippen LogP contribution in [0.5, 0.6) is 0 Å². The highest BCUT2D eigenvalue weighted by atomic mass is 19.1. The van der Waals surface area contributed by atoms with Gasteiger partial charge < -0.3 is 5.43 Å². The van der Waals surface area contributed by atoms with Gasteiger partial charge in [-0.15, -0.1) is 0 Å². The average Bonchev–Trinajstić information content (AvgIpc) is 2.26. The Morgan fingerprint density at radius 2 is 1.89 bits per heavy atom. The summed E-state index contributed by atoms with van der Waals surface area (Å²) in [4.78, 5) is 4.50. The average molecular weight is 247 g/mol. The van der Waals surface area contributed by atoms with Gasteiger partial charge in [0.1, 0.15) is 11.6 Å². The van der Waals surface area contributed by atoms with Crippen LogP contribution in [-0.2, 0) is 5.41 Å². The van der Waals surface area contributed by atoms with E-state index in [1.54, 1.807) is 0 Å². The van der Waals surface area contributed by atoms with Crippen LogP contribution in [0.15, 0.2) is 18.2 Å². The summed E-state index contributed by atoms with van der Waals surface area (Å²) in [6.45, 7) is 8.06. The van der Waals surface area contributed by atoms with Gasteiger partial charge in [-0.2, -0.15) is 0 Å². The van der Waals surface area contributed by atoms with Crippen LogP contribution in [0.1, 0.15) is 31.9 Å². The van der Waals surface area contributed by atoms with Crippen molar-refractivity contribution in [1.29, 1.82) is 0 Å². The predicted molar refractivity (Wildman–Crippen MR) is 72.9 cm³/mol. The molecule has 0 saturated carbocycles. The standard InChI is InChI=1S/C14H18FN3/c1-8-5-10(15)6-9-7-11(14(2,3)4)13(18-16)17-12(8)9/h5-7H,16H2,1-4H3,(H,17,18). The number of rotatable bonds is 1. The van der Waals surface area contributed by atoms with E-state index in [4.69, 9.17) is 5.84 Å². The summed E-state index contributed by atoms with van der Waals surface area (Å²) >= 11 is 0. The molecule has 2 aromatic rings. The van der Waals surface area contributed by atoms with Crippen LogP contribution in [0, 0.1) is 12.7 Å². The van der Waals surface area contributed by atoms with E-state index in [0.717, 1.165) is 22.0 Å². The first-order valence-corrected chi connectivity index (χ1v) is 5.91. The van der Waals surface area contributed by atoms with Crippen LogP contribution < -0.4 is 11.3 Å². The van der Waals surface area contributed by atoms with E-state index < -0.39 is 0 Å². The quantitative estimate of drug-likeness (QED) is 0.600. The van der Waals surface area contributed by atoms with Gasteiger partial charge in [-0.05, 0) is 36.1 Å². The highest BCUT2D eigenvalue weighted by Crippen LogP contribution is 2.31. The number of nitrogens with zero attached hydrogens (tertiary/aromatic N) is 1. The second-order valence-electron chi connectivity index (χ2n) is 5.57. The highest BCUT2D eigenvalue weighted by Gasteiger charge is 2.20. The lowest BCUT2D eigenvalue weighted by molar-refractivity contribution is 0.590. The molecule has 3 N–H and O–H groups in total. The Hall–Kier alpha value is -1.68. The van der Waals surface area contributed by atoms with E-state index in [-0.39, 0.29) is 11.2 Å². The zero-order valence-corrected chi connectivity index (χ0v) is 11.1. The fraction of sp³-hybridized carbons (Fsp3) is 0.357. The Labute approximate surface area is 106 Å². The monoisotopic (exact) mass is 247 g/mol. The number of nitrogens with two attached hydrogens (primary N) is 1. The third-order valence-electron chi connectivity index (χ3n) is 3.02. The van der Waals surface area contributed by atoms with Crippen molar-refractivity contribution in [3.63, 3.8) is 0 Å². The minimum Gasteiger partial charge on any atom is -0.308 e. The van der Waals surface area contributed by atoms with Crippen LogP contribution >= 0.6 is 0 Å². The molecule has 0 saturated heterocycles. The number of pyridine rings is 1. The maximum Gasteiger partial charge on any atom is 0.144 e. The molecule has 0 aliphatic carbocycles. The molecular formula is C14H18FN3. The van der Waals surface area contributed by atoms with Crippen molar-refractivity contribution in [1.82, 2.24) is 4.98 Å². The molecule has 0 spiro atoms. The maximum absolute atomic E-state index is 13.4. The molecule has 1 heterocycles. The second kappa shape index (κ2) is 4.21. The molecule has 0 atom stereocenters. The number of aryl methyl sites for hydroxylation is 1. The minimum absolute atomic E-state index is 0.108. The molecule has 1 aromatic heterocycles. The second-order valence-corrected chi connectivity index (χ2v) is 5.57. The number of anilines is 1.